The molecule has 4 heteroatoms. The maximum absolute atomic E-state index is 13.9. The van der Waals surface area contributed by atoms with Crippen LogP contribution in [0.5, 0.6) is 0 Å². The van der Waals surface area contributed by atoms with E-state index in [1.165, 1.54) is 25.7 Å². The number of aromatic nitrogens is 1. The van der Waals surface area contributed by atoms with Gasteiger partial charge >= 0.3 is 0 Å². The average molecular weight is 300 g/mol. The molecule has 1 aliphatic heterocycles. The summed E-state index contributed by atoms with van der Waals surface area (Å²) in [6.45, 7) is 2.58. The van der Waals surface area contributed by atoms with E-state index >= 15 is 0 Å². The second kappa shape index (κ2) is 5.94. The third kappa shape index (κ3) is 2.50. The highest BCUT2D eigenvalue weighted by molar-refractivity contribution is 5.82. The van der Waals surface area contributed by atoms with Gasteiger partial charge in [-0.2, -0.15) is 0 Å². The predicted molar refractivity (Wildman–Crippen MR) is 84.1 cm³/mol. The van der Waals surface area contributed by atoms with E-state index in [9.17, 15) is 4.39 Å². The van der Waals surface area contributed by atoms with Gasteiger partial charge in [0.25, 0.3) is 0 Å². The summed E-state index contributed by atoms with van der Waals surface area (Å²) in [5.41, 5.74) is 1.91. The molecule has 1 aromatic heterocycles. The fraction of sp³-hybridized carbons (Fsp3) is 0.500. The van der Waals surface area contributed by atoms with Crippen molar-refractivity contribution in [3.63, 3.8) is 0 Å². The molecule has 1 aromatic carbocycles. The second-order valence-electron chi connectivity index (χ2n) is 6.34. The minimum absolute atomic E-state index is 0.190. The van der Waals surface area contributed by atoms with Gasteiger partial charge in [-0.25, -0.2) is 4.39 Å². The van der Waals surface area contributed by atoms with Gasteiger partial charge in [0.2, 0.25) is 0 Å². The molecule has 0 amide bonds. The SMILES string of the molecule is Fc1ccc(CN2CCO[C@@H]3CCCC[C@H]32)c2ncccc12. The van der Waals surface area contributed by atoms with E-state index in [1.807, 2.05) is 12.1 Å². The number of nitrogens with zero attached hydrogens (tertiary/aromatic N) is 2. The zero-order valence-corrected chi connectivity index (χ0v) is 12.7. The highest BCUT2D eigenvalue weighted by atomic mass is 19.1. The van der Waals surface area contributed by atoms with Crippen LogP contribution >= 0.6 is 0 Å². The molecule has 2 atom stereocenters. The van der Waals surface area contributed by atoms with Gasteiger partial charge in [0.05, 0.1) is 18.2 Å². The zero-order chi connectivity index (χ0) is 14.9. The predicted octanol–water partition coefficient (Wildman–Crippen LogP) is 3.52. The summed E-state index contributed by atoms with van der Waals surface area (Å²) in [7, 11) is 0. The van der Waals surface area contributed by atoms with Gasteiger partial charge in [-0.3, -0.25) is 9.88 Å². The molecule has 2 aromatic rings. The Morgan fingerprint density at radius 1 is 1.23 bits per heavy atom. The molecule has 1 aliphatic carbocycles. The third-order valence-corrected chi connectivity index (χ3v) is 5.02. The summed E-state index contributed by atoms with van der Waals surface area (Å²) in [5, 5.41) is 0.619. The van der Waals surface area contributed by atoms with Crippen molar-refractivity contribution in [3.05, 3.63) is 41.8 Å². The Hall–Kier alpha value is -1.52. The molecule has 1 saturated heterocycles. The first kappa shape index (κ1) is 14.1. The number of hydrogen-bond donors (Lipinski definition) is 0. The Balaban J connectivity index is 1.64. The van der Waals surface area contributed by atoms with Gasteiger partial charge in [-0.1, -0.05) is 18.9 Å². The summed E-state index contributed by atoms with van der Waals surface area (Å²) in [4.78, 5) is 6.92. The molecule has 0 N–H and O–H groups in total. The minimum Gasteiger partial charge on any atom is -0.375 e. The number of hydrogen-bond acceptors (Lipinski definition) is 3. The molecule has 116 valence electrons. The van der Waals surface area contributed by atoms with Crippen LogP contribution in [0.1, 0.15) is 31.2 Å². The molecule has 3 nitrogen and oxygen atoms in total. The molecule has 4 rings (SSSR count). The maximum Gasteiger partial charge on any atom is 0.132 e. The van der Waals surface area contributed by atoms with Crippen LogP contribution < -0.4 is 0 Å². The van der Waals surface area contributed by atoms with E-state index in [0.29, 0.717) is 17.5 Å². The lowest BCUT2D eigenvalue weighted by Gasteiger charge is -2.44. The number of morpholine rings is 1. The highest BCUT2D eigenvalue weighted by Crippen LogP contribution is 2.30. The standard InChI is InChI=1S/C18H21FN2O/c19-15-8-7-13(18-14(15)4-3-9-20-18)12-21-10-11-22-17-6-2-1-5-16(17)21/h3-4,7-9,16-17H,1-2,5-6,10-12H2/t16-,17-/m1/s1. The fourth-order valence-electron chi connectivity index (χ4n) is 3.92. The average Bonchev–Trinajstić information content (AvgIpc) is 2.58. The van der Waals surface area contributed by atoms with Crippen molar-refractivity contribution in [2.45, 2.75) is 44.4 Å². The summed E-state index contributed by atoms with van der Waals surface area (Å²) >= 11 is 0. The first-order chi connectivity index (χ1) is 10.8. The van der Waals surface area contributed by atoms with Crippen molar-refractivity contribution in [2.24, 2.45) is 0 Å². The molecule has 0 spiro atoms. The lowest BCUT2D eigenvalue weighted by molar-refractivity contribution is -0.0910. The van der Waals surface area contributed by atoms with E-state index in [2.05, 4.69) is 9.88 Å². The molecular weight excluding hydrogens is 279 g/mol. The van der Waals surface area contributed by atoms with Crippen molar-refractivity contribution < 1.29 is 9.13 Å². The Morgan fingerprint density at radius 2 is 2.14 bits per heavy atom. The van der Waals surface area contributed by atoms with Crippen LogP contribution in [0.2, 0.25) is 0 Å². The van der Waals surface area contributed by atoms with Crippen molar-refractivity contribution >= 4 is 10.9 Å². The number of benzene rings is 1. The monoisotopic (exact) mass is 300 g/mol. The van der Waals surface area contributed by atoms with Crippen molar-refractivity contribution in [1.29, 1.82) is 0 Å². The molecular formula is C18H21FN2O. The smallest absolute Gasteiger partial charge is 0.132 e. The summed E-state index contributed by atoms with van der Waals surface area (Å²) < 4.78 is 19.9. The molecule has 2 heterocycles. The van der Waals surface area contributed by atoms with E-state index in [-0.39, 0.29) is 5.82 Å². The van der Waals surface area contributed by atoms with Gasteiger partial charge in [0.15, 0.2) is 0 Å². The van der Waals surface area contributed by atoms with Gasteiger partial charge in [-0.05, 0) is 36.6 Å². The number of ether oxygens (including phenoxy) is 1. The van der Waals surface area contributed by atoms with Gasteiger partial charge in [-0.15, -0.1) is 0 Å². The Morgan fingerprint density at radius 3 is 3.09 bits per heavy atom. The van der Waals surface area contributed by atoms with Crippen LogP contribution in [-0.2, 0) is 11.3 Å². The van der Waals surface area contributed by atoms with Crippen LogP contribution in [0.25, 0.3) is 10.9 Å². The number of rotatable bonds is 2. The Bertz CT molecular complexity index is 673. The van der Waals surface area contributed by atoms with Gasteiger partial charge in [0, 0.05) is 30.7 Å². The molecule has 2 fully saturated rings. The van der Waals surface area contributed by atoms with Gasteiger partial charge < -0.3 is 4.74 Å². The second-order valence-corrected chi connectivity index (χ2v) is 6.34. The Kier molecular flexibility index (Phi) is 3.80. The summed E-state index contributed by atoms with van der Waals surface area (Å²) in [5.74, 6) is -0.190. The lowest BCUT2D eigenvalue weighted by atomic mass is 9.90. The number of halogens is 1. The number of fused-ring (bicyclic) bond motifs is 2. The zero-order valence-electron chi connectivity index (χ0n) is 12.7. The van der Waals surface area contributed by atoms with Gasteiger partial charge in [0.1, 0.15) is 5.82 Å². The van der Waals surface area contributed by atoms with Crippen molar-refractivity contribution in [1.82, 2.24) is 9.88 Å². The van der Waals surface area contributed by atoms with Crippen LogP contribution in [0.4, 0.5) is 4.39 Å². The quantitative estimate of drug-likeness (QED) is 0.848. The molecule has 0 unspecified atom stereocenters. The highest BCUT2D eigenvalue weighted by Gasteiger charge is 2.34. The summed E-state index contributed by atoms with van der Waals surface area (Å²) in [6, 6.07) is 7.56. The molecule has 1 saturated carbocycles. The first-order valence-electron chi connectivity index (χ1n) is 8.21. The Labute approximate surface area is 130 Å². The number of pyridine rings is 1. The summed E-state index contributed by atoms with van der Waals surface area (Å²) in [6.07, 6.45) is 7.05. The topological polar surface area (TPSA) is 25.4 Å². The van der Waals surface area contributed by atoms with Crippen molar-refractivity contribution in [2.75, 3.05) is 13.2 Å². The fourth-order valence-corrected chi connectivity index (χ4v) is 3.92. The molecule has 22 heavy (non-hydrogen) atoms. The normalized spacial score (nSPS) is 26.0. The lowest BCUT2D eigenvalue weighted by Crippen LogP contribution is -2.52. The largest absolute Gasteiger partial charge is 0.375 e. The van der Waals surface area contributed by atoms with E-state index in [1.54, 1.807) is 18.3 Å². The minimum atomic E-state index is -0.190. The van der Waals surface area contributed by atoms with Crippen LogP contribution in [-0.4, -0.2) is 35.2 Å². The van der Waals surface area contributed by atoms with E-state index in [0.717, 1.165) is 30.8 Å². The van der Waals surface area contributed by atoms with E-state index in [4.69, 9.17) is 4.74 Å². The maximum atomic E-state index is 13.9. The molecule has 0 radical (unpaired) electrons. The van der Waals surface area contributed by atoms with Crippen LogP contribution in [0, 0.1) is 5.82 Å². The molecule has 2 aliphatic rings. The van der Waals surface area contributed by atoms with E-state index < -0.39 is 0 Å². The third-order valence-electron chi connectivity index (χ3n) is 5.02. The van der Waals surface area contributed by atoms with Crippen LogP contribution in [0.15, 0.2) is 30.5 Å². The molecule has 0 bridgehead atoms. The first-order valence-corrected chi connectivity index (χ1v) is 8.21. The van der Waals surface area contributed by atoms with Crippen molar-refractivity contribution in [3.8, 4) is 0 Å². The van der Waals surface area contributed by atoms with Crippen LogP contribution in [0.3, 0.4) is 0 Å².